The molecule has 3 rings (SSSR count). The van der Waals surface area contributed by atoms with Gasteiger partial charge in [0.05, 0.1) is 5.02 Å². The molecular formula is C19H15ClF2N4O. The maximum absolute atomic E-state index is 13.7. The molecule has 5 nitrogen and oxygen atoms in total. The molecule has 2 aromatic carbocycles. The molecule has 138 valence electrons. The third kappa shape index (κ3) is 4.77. The Hall–Kier alpha value is -3.06. The fourth-order valence-electron chi connectivity index (χ4n) is 2.37. The molecule has 0 unspecified atom stereocenters. The first-order chi connectivity index (χ1) is 12.9. The highest BCUT2D eigenvalue weighted by Gasteiger charge is 2.12. The van der Waals surface area contributed by atoms with Crippen molar-refractivity contribution in [1.82, 2.24) is 9.97 Å². The number of aromatic nitrogens is 2. The van der Waals surface area contributed by atoms with Crippen LogP contribution in [0.2, 0.25) is 5.02 Å². The minimum Gasteiger partial charge on any atom is -0.366 e. The average Bonchev–Trinajstić information content (AvgIpc) is 2.63. The summed E-state index contributed by atoms with van der Waals surface area (Å²) in [7, 11) is 0. The summed E-state index contributed by atoms with van der Waals surface area (Å²) < 4.78 is 26.9. The third-order valence-electron chi connectivity index (χ3n) is 3.67. The number of halogens is 3. The topological polar surface area (TPSA) is 66.9 Å². The fraction of sp³-hybridized carbons (Fsp3) is 0.105. The highest BCUT2D eigenvalue weighted by atomic mass is 35.5. The summed E-state index contributed by atoms with van der Waals surface area (Å²) in [5.74, 6) is -0.657. The SMILES string of the molecule is Cc1nc(NCc2ccccc2F)cc(C(=O)Nc2ccc(F)c(Cl)c2)n1. The van der Waals surface area contributed by atoms with Gasteiger partial charge in [-0.25, -0.2) is 18.7 Å². The maximum atomic E-state index is 13.7. The van der Waals surface area contributed by atoms with Gasteiger partial charge in [-0.05, 0) is 31.2 Å². The van der Waals surface area contributed by atoms with Crippen LogP contribution in [0.15, 0.2) is 48.5 Å². The lowest BCUT2D eigenvalue weighted by molar-refractivity contribution is 0.102. The number of nitrogens with zero attached hydrogens (tertiary/aromatic N) is 2. The quantitative estimate of drug-likeness (QED) is 0.671. The molecule has 0 aliphatic carbocycles. The Morgan fingerprint density at radius 3 is 2.59 bits per heavy atom. The van der Waals surface area contributed by atoms with Gasteiger partial charge in [-0.1, -0.05) is 29.8 Å². The Balaban J connectivity index is 1.75. The highest BCUT2D eigenvalue weighted by Crippen LogP contribution is 2.20. The van der Waals surface area contributed by atoms with Gasteiger partial charge < -0.3 is 10.6 Å². The number of carbonyl (C=O) groups is 1. The van der Waals surface area contributed by atoms with E-state index in [0.717, 1.165) is 6.07 Å². The minimum absolute atomic E-state index is 0.0982. The molecule has 0 saturated heterocycles. The van der Waals surface area contributed by atoms with Crippen molar-refractivity contribution in [3.8, 4) is 0 Å². The zero-order valence-corrected chi connectivity index (χ0v) is 15.0. The van der Waals surface area contributed by atoms with E-state index in [0.29, 0.717) is 22.9 Å². The number of benzene rings is 2. The van der Waals surface area contributed by atoms with E-state index in [1.54, 1.807) is 25.1 Å². The number of anilines is 2. The van der Waals surface area contributed by atoms with Crippen molar-refractivity contribution in [2.75, 3.05) is 10.6 Å². The molecule has 8 heteroatoms. The monoisotopic (exact) mass is 388 g/mol. The van der Waals surface area contributed by atoms with Crippen LogP contribution in [0.1, 0.15) is 21.9 Å². The van der Waals surface area contributed by atoms with Crippen molar-refractivity contribution in [2.24, 2.45) is 0 Å². The molecule has 0 atom stereocenters. The second kappa shape index (κ2) is 8.09. The number of amides is 1. The van der Waals surface area contributed by atoms with Crippen LogP contribution in [-0.2, 0) is 6.54 Å². The molecule has 27 heavy (non-hydrogen) atoms. The number of hydrogen-bond donors (Lipinski definition) is 2. The second-order valence-electron chi connectivity index (χ2n) is 5.71. The lowest BCUT2D eigenvalue weighted by Gasteiger charge is -2.10. The van der Waals surface area contributed by atoms with Gasteiger partial charge in [-0.15, -0.1) is 0 Å². The van der Waals surface area contributed by atoms with Gasteiger partial charge >= 0.3 is 0 Å². The van der Waals surface area contributed by atoms with Crippen LogP contribution in [0.3, 0.4) is 0 Å². The van der Waals surface area contributed by atoms with Crippen molar-refractivity contribution in [2.45, 2.75) is 13.5 Å². The maximum Gasteiger partial charge on any atom is 0.274 e. The number of nitrogens with one attached hydrogen (secondary N) is 2. The molecule has 0 saturated carbocycles. The first-order valence-corrected chi connectivity index (χ1v) is 8.39. The van der Waals surface area contributed by atoms with Crippen LogP contribution < -0.4 is 10.6 Å². The molecule has 0 aliphatic rings. The summed E-state index contributed by atoms with van der Waals surface area (Å²) in [6.45, 7) is 1.84. The largest absolute Gasteiger partial charge is 0.366 e. The van der Waals surface area contributed by atoms with Gasteiger partial charge in [0.15, 0.2) is 0 Å². The van der Waals surface area contributed by atoms with Crippen LogP contribution in [0.4, 0.5) is 20.3 Å². The lowest BCUT2D eigenvalue weighted by Crippen LogP contribution is -2.16. The van der Waals surface area contributed by atoms with Crippen LogP contribution in [0.5, 0.6) is 0 Å². The Bertz CT molecular complexity index is 997. The van der Waals surface area contributed by atoms with Crippen molar-refractivity contribution < 1.29 is 13.6 Å². The predicted octanol–water partition coefficient (Wildman–Crippen LogP) is 4.58. The molecule has 1 heterocycles. The van der Waals surface area contributed by atoms with E-state index in [9.17, 15) is 13.6 Å². The van der Waals surface area contributed by atoms with Gasteiger partial charge in [-0.2, -0.15) is 0 Å². The minimum atomic E-state index is -0.577. The summed E-state index contributed by atoms with van der Waals surface area (Å²) in [6.07, 6.45) is 0. The standard InChI is InChI=1S/C19H15ClF2N4O/c1-11-24-17(19(27)26-13-6-7-16(22)14(20)8-13)9-18(25-11)23-10-12-4-2-3-5-15(12)21/h2-9H,10H2,1H3,(H,26,27)(H,23,24,25). The molecule has 1 aromatic heterocycles. The van der Waals surface area contributed by atoms with Crippen molar-refractivity contribution in [3.63, 3.8) is 0 Å². The first-order valence-electron chi connectivity index (χ1n) is 8.02. The summed E-state index contributed by atoms with van der Waals surface area (Å²) in [5.41, 5.74) is 0.920. The molecular weight excluding hydrogens is 374 g/mol. The van der Waals surface area contributed by atoms with Crippen LogP contribution >= 0.6 is 11.6 Å². The van der Waals surface area contributed by atoms with Gasteiger partial charge in [0.2, 0.25) is 0 Å². The van der Waals surface area contributed by atoms with Gasteiger partial charge in [0, 0.05) is 23.9 Å². The number of hydrogen-bond acceptors (Lipinski definition) is 4. The molecule has 2 N–H and O–H groups in total. The van der Waals surface area contributed by atoms with Gasteiger partial charge in [-0.3, -0.25) is 4.79 Å². The van der Waals surface area contributed by atoms with E-state index in [1.807, 2.05) is 0 Å². The van der Waals surface area contributed by atoms with E-state index < -0.39 is 11.7 Å². The number of carbonyl (C=O) groups excluding carboxylic acids is 1. The summed E-state index contributed by atoms with van der Waals surface area (Å²) in [5, 5.41) is 5.47. The third-order valence-corrected chi connectivity index (χ3v) is 3.96. The summed E-state index contributed by atoms with van der Waals surface area (Å²) in [4.78, 5) is 20.7. The van der Waals surface area contributed by atoms with E-state index in [1.165, 1.54) is 24.3 Å². The molecule has 0 fully saturated rings. The fourth-order valence-corrected chi connectivity index (χ4v) is 2.55. The van der Waals surface area contributed by atoms with Gasteiger partial charge in [0.25, 0.3) is 5.91 Å². The van der Waals surface area contributed by atoms with E-state index in [4.69, 9.17) is 11.6 Å². The lowest BCUT2D eigenvalue weighted by atomic mass is 10.2. The molecule has 0 bridgehead atoms. The first kappa shape index (κ1) is 18.7. The van der Waals surface area contributed by atoms with Gasteiger partial charge in [0.1, 0.15) is 29.0 Å². The number of rotatable bonds is 5. The molecule has 0 radical (unpaired) electrons. The van der Waals surface area contributed by atoms with Crippen LogP contribution in [-0.4, -0.2) is 15.9 Å². The molecule has 0 spiro atoms. The Morgan fingerprint density at radius 2 is 1.85 bits per heavy atom. The summed E-state index contributed by atoms with van der Waals surface area (Å²) >= 11 is 5.71. The van der Waals surface area contributed by atoms with E-state index in [-0.39, 0.29) is 23.1 Å². The molecule has 0 aliphatic heterocycles. The number of aryl methyl sites for hydroxylation is 1. The molecule has 1 amide bonds. The van der Waals surface area contributed by atoms with E-state index >= 15 is 0 Å². The Morgan fingerprint density at radius 1 is 1.07 bits per heavy atom. The Labute approximate surface area is 159 Å². The smallest absolute Gasteiger partial charge is 0.274 e. The normalized spacial score (nSPS) is 10.5. The second-order valence-corrected chi connectivity index (χ2v) is 6.12. The predicted molar refractivity (Wildman–Crippen MR) is 99.9 cm³/mol. The van der Waals surface area contributed by atoms with E-state index in [2.05, 4.69) is 20.6 Å². The molecule has 3 aromatic rings. The summed E-state index contributed by atoms with van der Waals surface area (Å²) in [6, 6.07) is 11.7. The van der Waals surface area contributed by atoms with Crippen LogP contribution in [0, 0.1) is 18.6 Å². The van der Waals surface area contributed by atoms with Crippen molar-refractivity contribution >= 4 is 29.0 Å². The van der Waals surface area contributed by atoms with Crippen molar-refractivity contribution in [3.05, 3.63) is 82.3 Å². The zero-order chi connectivity index (χ0) is 19.4. The van der Waals surface area contributed by atoms with Crippen LogP contribution in [0.25, 0.3) is 0 Å². The average molecular weight is 389 g/mol. The van der Waals surface area contributed by atoms with Crippen molar-refractivity contribution in [1.29, 1.82) is 0 Å². The highest BCUT2D eigenvalue weighted by molar-refractivity contribution is 6.31. The Kier molecular flexibility index (Phi) is 5.61. The zero-order valence-electron chi connectivity index (χ0n) is 14.3.